The summed E-state index contributed by atoms with van der Waals surface area (Å²) in [6.45, 7) is 0.547. The highest BCUT2D eigenvalue weighted by molar-refractivity contribution is 5.80. The van der Waals surface area contributed by atoms with E-state index in [4.69, 9.17) is 9.84 Å². The lowest BCUT2D eigenvalue weighted by Gasteiger charge is -2.06. The van der Waals surface area contributed by atoms with Crippen molar-refractivity contribution in [2.45, 2.75) is 25.7 Å². The van der Waals surface area contributed by atoms with Crippen LogP contribution in [0.15, 0.2) is 36.8 Å². The predicted octanol–water partition coefficient (Wildman–Crippen LogP) is 1.92. The smallest absolute Gasteiger partial charge is 0.139 e. The number of hydrogen-bond acceptors (Lipinski definition) is 4. The molecular formula is C16H20N2O3. The first-order valence-corrected chi connectivity index (χ1v) is 7.10. The molecule has 5 heteroatoms. The average Bonchev–Trinajstić information content (AvgIpc) is 2.99. The molecule has 0 aliphatic carbocycles. The summed E-state index contributed by atoms with van der Waals surface area (Å²) in [7, 11) is 0. The number of aryl methyl sites for hydroxylation is 1. The number of hydrogen-bond donors (Lipinski definition) is 2. The van der Waals surface area contributed by atoms with E-state index < -0.39 is 0 Å². The number of ketones is 1. The molecule has 0 fully saturated rings. The molecular weight excluding hydrogens is 268 g/mol. The Morgan fingerprint density at radius 2 is 2.10 bits per heavy atom. The number of rotatable bonds is 9. The van der Waals surface area contributed by atoms with Crippen molar-refractivity contribution in [3.05, 3.63) is 48.0 Å². The molecule has 1 aromatic carbocycles. The Kier molecular flexibility index (Phi) is 5.97. The molecule has 0 amide bonds. The number of nitrogens with zero attached hydrogens (tertiary/aromatic N) is 1. The summed E-state index contributed by atoms with van der Waals surface area (Å²) in [5.41, 5.74) is 1.98. The van der Waals surface area contributed by atoms with Crippen molar-refractivity contribution in [3.63, 3.8) is 0 Å². The van der Waals surface area contributed by atoms with Crippen LogP contribution in [0.2, 0.25) is 0 Å². The van der Waals surface area contributed by atoms with Crippen LogP contribution in [-0.2, 0) is 17.6 Å². The van der Waals surface area contributed by atoms with Gasteiger partial charge in [-0.25, -0.2) is 4.98 Å². The van der Waals surface area contributed by atoms with Crippen LogP contribution in [-0.4, -0.2) is 34.1 Å². The Morgan fingerprint density at radius 1 is 1.29 bits per heavy atom. The van der Waals surface area contributed by atoms with Crippen LogP contribution in [0.1, 0.15) is 24.1 Å². The quantitative estimate of drug-likeness (QED) is 0.691. The number of aromatic nitrogens is 2. The van der Waals surface area contributed by atoms with E-state index in [2.05, 4.69) is 9.97 Å². The zero-order valence-corrected chi connectivity index (χ0v) is 11.9. The lowest BCUT2D eigenvalue weighted by Crippen LogP contribution is -2.05. The maximum Gasteiger partial charge on any atom is 0.139 e. The van der Waals surface area contributed by atoms with E-state index in [1.807, 2.05) is 30.5 Å². The molecule has 21 heavy (non-hydrogen) atoms. The number of H-pyrrole nitrogens is 1. The fourth-order valence-corrected chi connectivity index (χ4v) is 2.02. The van der Waals surface area contributed by atoms with Gasteiger partial charge in [-0.15, -0.1) is 0 Å². The van der Waals surface area contributed by atoms with Crippen molar-refractivity contribution in [2.24, 2.45) is 0 Å². The molecule has 2 rings (SSSR count). The summed E-state index contributed by atoms with van der Waals surface area (Å²) in [6, 6.07) is 7.52. The molecule has 0 aliphatic rings. The standard InChI is InChI=1S/C16H20N2O3/c19-8-7-15(20)10-13-3-5-16(6-4-13)21-9-1-2-14-11-17-12-18-14/h3-6,11-12,19H,1-2,7-10H2,(H,17,18). The van der Waals surface area contributed by atoms with Crippen LogP contribution in [0.5, 0.6) is 5.75 Å². The van der Waals surface area contributed by atoms with Crippen LogP contribution in [0.3, 0.4) is 0 Å². The largest absolute Gasteiger partial charge is 0.494 e. The third-order valence-electron chi connectivity index (χ3n) is 3.12. The SMILES string of the molecule is O=C(CCO)Cc1ccc(OCCCc2c[nH]cn2)cc1. The molecule has 0 radical (unpaired) electrons. The van der Waals surface area contributed by atoms with E-state index in [0.717, 1.165) is 29.8 Å². The van der Waals surface area contributed by atoms with E-state index in [0.29, 0.717) is 13.0 Å². The van der Waals surface area contributed by atoms with Gasteiger partial charge < -0.3 is 14.8 Å². The first kappa shape index (κ1) is 15.3. The van der Waals surface area contributed by atoms with E-state index >= 15 is 0 Å². The Morgan fingerprint density at radius 3 is 2.76 bits per heavy atom. The highest BCUT2D eigenvalue weighted by atomic mass is 16.5. The number of aliphatic hydroxyl groups excluding tert-OH is 1. The summed E-state index contributed by atoms with van der Waals surface area (Å²) in [6.07, 6.45) is 5.93. The monoisotopic (exact) mass is 288 g/mol. The highest BCUT2D eigenvalue weighted by Gasteiger charge is 2.03. The van der Waals surface area contributed by atoms with Gasteiger partial charge in [0.15, 0.2) is 0 Å². The second kappa shape index (κ2) is 8.21. The molecule has 0 atom stereocenters. The molecule has 0 saturated heterocycles. The number of aromatic amines is 1. The Labute approximate surface area is 124 Å². The molecule has 0 unspecified atom stereocenters. The second-order valence-electron chi connectivity index (χ2n) is 4.85. The maximum absolute atomic E-state index is 11.4. The van der Waals surface area contributed by atoms with E-state index in [9.17, 15) is 4.79 Å². The normalized spacial score (nSPS) is 10.5. The van der Waals surface area contributed by atoms with Gasteiger partial charge in [-0.2, -0.15) is 0 Å². The van der Waals surface area contributed by atoms with Crippen molar-refractivity contribution in [1.29, 1.82) is 0 Å². The van der Waals surface area contributed by atoms with Gasteiger partial charge in [-0.3, -0.25) is 4.79 Å². The number of carbonyl (C=O) groups excluding carboxylic acids is 1. The van der Waals surface area contributed by atoms with E-state index in [1.54, 1.807) is 6.33 Å². The summed E-state index contributed by atoms with van der Waals surface area (Å²) >= 11 is 0. The van der Waals surface area contributed by atoms with Gasteiger partial charge in [0.1, 0.15) is 11.5 Å². The number of Topliss-reactive ketones (excluding diaryl/α,β-unsaturated/α-hetero) is 1. The van der Waals surface area contributed by atoms with Crippen molar-refractivity contribution < 1.29 is 14.6 Å². The minimum Gasteiger partial charge on any atom is -0.494 e. The topological polar surface area (TPSA) is 75.2 Å². The third kappa shape index (κ3) is 5.39. The molecule has 0 saturated carbocycles. The Balaban J connectivity index is 1.70. The van der Waals surface area contributed by atoms with Gasteiger partial charge in [0, 0.05) is 25.6 Å². The fourth-order valence-electron chi connectivity index (χ4n) is 2.02. The number of nitrogens with one attached hydrogen (secondary N) is 1. The van der Waals surface area contributed by atoms with Crippen LogP contribution < -0.4 is 4.74 Å². The summed E-state index contributed by atoms with van der Waals surface area (Å²) in [5, 5.41) is 8.70. The first-order chi connectivity index (χ1) is 10.3. The summed E-state index contributed by atoms with van der Waals surface area (Å²) in [4.78, 5) is 18.5. The van der Waals surface area contributed by atoms with Crippen molar-refractivity contribution in [2.75, 3.05) is 13.2 Å². The van der Waals surface area contributed by atoms with Gasteiger partial charge in [0.05, 0.1) is 18.6 Å². The molecule has 112 valence electrons. The lowest BCUT2D eigenvalue weighted by molar-refractivity contribution is -0.119. The Bertz CT molecular complexity index is 535. The maximum atomic E-state index is 11.4. The molecule has 1 aromatic heterocycles. The molecule has 1 heterocycles. The summed E-state index contributed by atoms with van der Waals surface area (Å²) < 4.78 is 5.65. The predicted molar refractivity (Wildman–Crippen MR) is 79.3 cm³/mol. The average molecular weight is 288 g/mol. The summed E-state index contributed by atoms with van der Waals surface area (Å²) in [5.74, 6) is 0.848. The zero-order valence-electron chi connectivity index (χ0n) is 11.9. The van der Waals surface area contributed by atoms with Crippen LogP contribution in [0.25, 0.3) is 0 Å². The van der Waals surface area contributed by atoms with Crippen LogP contribution >= 0.6 is 0 Å². The van der Waals surface area contributed by atoms with Gasteiger partial charge in [-0.1, -0.05) is 12.1 Å². The number of carbonyl (C=O) groups is 1. The highest BCUT2D eigenvalue weighted by Crippen LogP contribution is 2.13. The molecule has 5 nitrogen and oxygen atoms in total. The van der Waals surface area contributed by atoms with Gasteiger partial charge in [-0.05, 0) is 30.5 Å². The lowest BCUT2D eigenvalue weighted by atomic mass is 10.1. The Hall–Kier alpha value is -2.14. The third-order valence-corrected chi connectivity index (χ3v) is 3.12. The van der Waals surface area contributed by atoms with Gasteiger partial charge in [0.25, 0.3) is 0 Å². The minimum atomic E-state index is -0.0873. The van der Waals surface area contributed by atoms with Crippen molar-refractivity contribution in [3.8, 4) is 5.75 Å². The number of aliphatic hydroxyl groups is 1. The van der Waals surface area contributed by atoms with Gasteiger partial charge in [0.2, 0.25) is 0 Å². The van der Waals surface area contributed by atoms with E-state index in [-0.39, 0.29) is 18.8 Å². The molecule has 0 spiro atoms. The second-order valence-corrected chi connectivity index (χ2v) is 4.85. The number of ether oxygens (including phenoxy) is 1. The van der Waals surface area contributed by atoms with Crippen molar-refractivity contribution >= 4 is 5.78 Å². The number of benzene rings is 1. The van der Waals surface area contributed by atoms with Crippen molar-refractivity contribution in [1.82, 2.24) is 9.97 Å². The molecule has 0 aliphatic heterocycles. The fraction of sp³-hybridized carbons (Fsp3) is 0.375. The molecule has 2 N–H and O–H groups in total. The first-order valence-electron chi connectivity index (χ1n) is 7.10. The minimum absolute atomic E-state index is 0.0465. The number of imidazole rings is 1. The van der Waals surface area contributed by atoms with Crippen LogP contribution in [0.4, 0.5) is 0 Å². The molecule has 2 aromatic rings. The van der Waals surface area contributed by atoms with Gasteiger partial charge >= 0.3 is 0 Å². The molecule has 0 bridgehead atoms. The van der Waals surface area contributed by atoms with Crippen LogP contribution in [0, 0.1) is 0 Å². The van der Waals surface area contributed by atoms with E-state index in [1.165, 1.54) is 0 Å². The zero-order chi connectivity index (χ0) is 14.9.